The largest absolute Gasteiger partial charge is 0.310 e. The third kappa shape index (κ3) is 7.52. The molecule has 0 saturated carbocycles. The first kappa shape index (κ1) is 40.8. The molecule has 0 fully saturated rings. The fourth-order valence-corrected chi connectivity index (χ4v) is 9.86. The van der Waals surface area contributed by atoms with E-state index < -0.39 is 0 Å². The van der Waals surface area contributed by atoms with Crippen LogP contribution in [0.1, 0.15) is 0 Å². The fraction of sp³-hybridized carbons (Fsp3) is 0. The predicted octanol–water partition coefficient (Wildman–Crippen LogP) is 17.1. The van der Waals surface area contributed by atoms with Gasteiger partial charge in [0.2, 0.25) is 5.95 Å². The van der Waals surface area contributed by atoms with Gasteiger partial charge in [0.15, 0.2) is 11.6 Å². The van der Waals surface area contributed by atoms with Gasteiger partial charge in [-0.2, -0.15) is 9.97 Å². The summed E-state index contributed by atoms with van der Waals surface area (Å²) < 4.78 is 2.23. The highest BCUT2D eigenvalue weighted by atomic mass is 15.2. The lowest BCUT2D eigenvalue weighted by Crippen LogP contribution is -2.10. The third-order valence-electron chi connectivity index (χ3n) is 13.4. The average molecular weight is 894 g/mol. The highest BCUT2D eigenvalue weighted by Crippen LogP contribution is 2.41. The van der Waals surface area contributed by atoms with E-state index in [0.29, 0.717) is 17.6 Å². The Labute approximate surface area is 405 Å². The Kier molecular flexibility index (Phi) is 10.1. The minimum absolute atomic E-state index is 0.541. The van der Waals surface area contributed by atoms with Crippen LogP contribution in [0.2, 0.25) is 0 Å². The molecule has 0 aliphatic heterocycles. The van der Waals surface area contributed by atoms with Crippen LogP contribution in [-0.4, -0.2) is 19.5 Å². The number of para-hydroxylation sites is 1. The summed E-state index contributed by atoms with van der Waals surface area (Å²) in [6.07, 6.45) is 0. The Morgan fingerprint density at radius 2 is 0.643 bits per heavy atom. The summed E-state index contributed by atoms with van der Waals surface area (Å²) in [6, 6.07) is 92.7. The van der Waals surface area contributed by atoms with Crippen molar-refractivity contribution in [3.63, 3.8) is 0 Å². The van der Waals surface area contributed by atoms with Crippen molar-refractivity contribution in [2.75, 3.05) is 4.90 Å². The van der Waals surface area contributed by atoms with E-state index in [0.717, 1.165) is 66.7 Å². The second kappa shape index (κ2) is 17.3. The zero-order chi connectivity index (χ0) is 46.4. The van der Waals surface area contributed by atoms with Crippen molar-refractivity contribution in [3.8, 4) is 62.1 Å². The first-order valence-electron chi connectivity index (χ1n) is 23.7. The normalized spacial score (nSPS) is 11.4. The summed E-state index contributed by atoms with van der Waals surface area (Å²) >= 11 is 0. The molecule has 0 saturated heterocycles. The van der Waals surface area contributed by atoms with Crippen LogP contribution in [0.5, 0.6) is 0 Å². The van der Waals surface area contributed by atoms with Gasteiger partial charge in [0.25, 0.3) is 0 Å². The molecule has 5 heteroatoms. The van der Waals surface area contributed by atoms with Gasteiger partial charge in [-0.15, -0.1) is 0 Å². The molecule has 0 amide bonds. The van der Waals surface area contributed by atoms with E-state index in [4.69, 9.17) is 15.0 Å². The van der Waals surface area contributed by atoms with Gasteiger partial charge in [0, 0.05) is 39.0 Å². The number of aromatic nitrogens is 4. The summed E-state index contributed by atoms with van der Waals surface area (Å²) in [5.74, 6) is 1.75. The second-order valence-corrected chi connectivity index (χ2v) is 17.7. The Bertz CT molecular complexity index is 3980. The van der Waals surface area contributed by atoms with E-state index in [9.17, 15) is 0 Å². The van der Waals surface area contributed by atoms with Crippen LogP contribution < -0.4 is 4.90 Å². The molecule has 0 aliphatic rings. The summed E-state index contributed by atoms with van der Waals surface area (Å²) in [7, 11) is 0. The van der Waals surface area contributed by atoms with Gasteiger partial charge >= 0.3 is 0 Å². The molecular weight excluding hydrogens is 851 g/mol. The van der Waals surface area contributed by atoms with E-state index in [1.165, 1.54) is 38.2 Å². The monoisotopic (exact) mass is 893 g/mol. The van der Waals surface area contributed by atoms with Crippen molar-refractivity contribution in [2.45, 2.75) is 0 Å². The SMILES string of the molecule is c1ccc(-c2nc(-c3ccccc3)nc(-n3c4cc(-c5ccc(-c6ccc7ccccc7c6)cc5)ccc4c4ccc(N(c5ccccc5)c5ccc(-c6ccc7ccccc7c6)cc5)cc43)n2)cc1. The zero-order valence-corrected chi connectivity index (χ0v) is 38.1. The first-order chi connectivity index (χ1) is 34.7. The number of anilines is 3. The molecule has 0 N–H and O–H groups in total. The quantitative estimate of drug-likeness (QED) is 0.145. The molecule has 0 unspecified atom stereocenters. The van der Waals surface area contributed by atoms with Crippen molar-refractivity contribution in [1.29, 1.82) is 0 Å². The second-order valence-electron chi connectivity index (χ2n) is 17.7. The lowest BCUT2D eigenvalue weighted by Gasteiger charge is -2.26. The fourth-order valence-electron chi connectivity index (χ4n) is 9.86. The Morgan fingerprint density at radius 1 is 0.257 bits per heavy atom. The summed E-state index contributed by atoms with van der Waals surface area (Å²) in [5.41, 5.74) is 13.9. The number of fused-ring (bicyclic) bond motifs is 5. The van der Waals surface area contributed by atoms with E-state index in [1.807, 2.05) is 36.4 Å². The molecule has 5 nitrogen and oxygen atoms in total. The first-order valence-corrected chi connectivity index (χ1v) is 23.7. The zero-order valence-electron chi connectivity index (χ0n) is 38.1. The molecule has 2 heterocycles. The highest BCUT2D eigenvalue weighted by Gasteiger charge is 2.21. The Hall–Kier alpha value is -9.45. The molecule has 2 aromatic heterocycles. The van der Waals surface area contributed by atoms with Gasteiger partial charge < -0.3 is 4.90 Å². The molecule has 0 spiro atoms. The van der Waals surface area contributed by atoms with Crippen molar-refractivity contribution in [3.05, 3.63) is 261 Å². The summed E-state index contributed by atoms with van der Waals surface area (Å²) in [5, 5.41) is 7.13. The Morgan fingerprint density at radius 3 is 1.19 bits per heavy atom. The molecule has 0 bridgehead atoms. The minimum atomic E-state index is 0.541. The predicted molar refractivity (Wildman–Crippen MR) is 291 cm³/mol. The average Bonchev–Trinajstić information content (AvgIpc) is 3.76. The van der Waals surface area contributed by atoms with Gasteiger partial charge in [0.1, 0.15) is 0 Å². The number of hydrogen-bond acceptors (Lipinski definition) is 4. The van der Waals surface area contributed by atoms with Gasteiger partial charge in [-0.1, -0.05) is 206 Å². The molecule has 0 aliphatic carbocycles. The van der Waals surface area contributed by atoms with Crippen LogP contribution in [0.15, 0.2) is 261 Å². The van der Waals surface area contributed by atoms with Gasteiger partial charge in [0.05, 0.1) is 11.0 Å². The topological polar surface area (TPSA) is 46.8 Å². The van der Waals surface area contributed by atoms with E-state index in [2.05, 4.69) is 234 Å². The summed E-state index contributed by atoms with van der Waals surface area (Å²) in [6.45, 7) is 0. The van der Waals surface area contributed by atoms with Crippen molar-refractivity contribution in [1.82, 2.24) is 19.5 Å². The number of nitrogens with zero attached hydrogens (tertiary/aromatic N) is 5. The van der Waals surface area contributed by atoms with Crippen LogP contribution in [-0.2, 0) is 0 Å². The minimum Gasteiger partial charge on any atom is -0.310 e. The van der Waals surface area contributed by atoms with Crippen molar-refractivity contribution < 1.29 is 0 Å². The third-order valence-corrected chi connectivity index (χ3v) is 13.4. The van der Waals surface area contributed by atoms with E-state index in [1.54, 1.807) is 0 Å². The number of rotatable bonds is 9. The van der Waals surface area contributed by atoms with Crippen LogP contribution in [0.4, 0.5) is 17.1 Å². The maximum absolute atomic E-state index is 5.32. The van der Waals surface area contributed by atoms with Gasteiger partial charge in [-0.25, -0.2) is 4.98 Å². The van der Waals surface area contributed by atoms with Crippen LogP contribution in [0.25, 0.3) is 105 Å². The molecule has 70 heavy (non-hydrogen) atoms. The summed E-state index contributed by atoms with van der Waals surface area (Å²) in [4.78, 5) is 18.0. The maximum atomic E-state index is 5.32. The van der Waals surface area contributed by atoms with Crippen molar-refractivity contribution >= 4 is 60.4 Å². The number of benzene rings is 11. The van der Waals surface area contributed by atoms with E-state index in [-0.39, 0.29) is 0 Å². The Balaban J connectivity index is 0.988. The smallest absolute Gasteiger partial charge is 0.238 e. The van der Waals surface area contributed by atoms with Gasteiger partial charge in [-0.05, 0) is 110 Å². The molecular formula is C65H43N5. The molecule has 13 aromatic rings. The highest BCUT2D eigenvalue weighted by molar-refractivity contribution is 6.11. The lowest BCUT2D eigenvalue weighted by atomic mass is 9.98. The molecule has 328 valence electrons. The van der Waals surface area contributed by atoms with Crippen LogP contribution in [0, 0.1) is 0 Å². The lowest BCUT2D eigenvalue weighted by molar-refractivity contribution is 0.953. The van der Waals surface area contributed by atoms with Crippen LogP contribution in [0.3, 0.4) is 0 Å². The molecule has 13 rings (SSSR count). The molecule has 0 radical (unpaired) electrons. The standard InChI is InChI=1S/C65H43N5/c1-4-16-49(17-5-1)63-66-64(50-18-6-2-7-19-50)68-65(67-63)70-61-42-55(47-26-24-46(25-27-47)53-30-28-44-14-10-12-20-51(44)40-53)34-38-59(61)60-39-37-58(43-62(60)70)69(56-22-8-3-9-23-56)57-35-32-48(33-36-57)54-31-29-45-15-11-13-21-52(45)41-54/h1-43H. The van der Waals surface area contributed by atoms with Crippen LogP contribution >= 0.6 is 0 Å². The molecule has 0 atom stereocenters. The maximum Gasteiger partial charge on any atom is 0.238 e. The number of hydrogen-bond donors (Lipinski definition) is 0. The molecule has 11 aromatic carbocycles. The van der Waals surface area contributed by atoms with E-state index >= 15 is 0 Å². The van der Waals surface area contributed by atoms with Crippen molar-refractivity contribution in [2.24, 2.45) is 0 Å². The van der Waals surface area contributed by atoms with Gasteiger partial charge in [-0.3, -0.25) is 4.57 Å².